The summed E-state index contributed by atoms with van der Waals surface area (Å²) < 4.78 is 0. The van der Waals surface area contributed by atoms with E-state index >= 15 is 0 Å². The zero-order chi connectivity index (χ0) is 14.2. The monoisotopic (exact) mass is 273 g/mol. The van der Waals surface area contributed by atoms with Gasteiger partial charge in [-0.3, -0.25) is 9.78 Å². The summed E-state index contributed by atoms with van der Waals surface area (Å²) in [5.41, 5.74) is 4.25. The van der Waals surface area contributed by atoms with Crippen LogP contribution in [0.4, 0.5) is 0 Å². The van der Waals surface area contributed by atoms with Gasteiger partial charge in [-0.2, -0.15) is 0 Å². The molecule has 0 spiro atoms. The van der Waals surface area contributed by atoms with Crippen LogP contribution in [0.1, 0.15) is 33.5 Å². The molecule has 2 heteroatoms. The minimum atomic E-state index is 0.0864. The van der Waals surface area contributed by atoms with E-state index in [-0.39, 0.29) is 5.78 Å². The molecule has 0 bridgehead atoms. The molecule has 0 aliphatic heterocycles. The number of aryl methyl sites for hydroxylation is 2. The fourth-order valence-electron chi connectivity index (χ4n) is 3.18. The number of pyridine rings is 1. The molecule has 0 fully saturated rings. The highest BCUT2D eigenvalue weighted by atomic mass is 16.1. The van der Waals surface area contributed by atoms with Crippen molar-refractivity contribution in [1.29, 1.82) is 0 Å². The Morgan fingerprint density at radius 1 is 1.00 bits per heavy atom. The number of fused-ring (bicyclic) bond motifs is 2. The van der Waals surface area contributed by atoms with Gasteiger partial charge in [0.05, 0.1) is 0 Å². The number of carbonyl (C=O) groups excluding carboxylic acids is 1. The van der Waals surface area contributed by atoms with Gasteiger partial charge in [0, 0.05) is 28.9 Å². The predicted molar refractivity (Wildman–Crippen MR) is 83.6 cm³/mol. The van der Waals surface area contributed by atoms with Crippen LogP contribution in [-0.2, 0) is 12.8 Å². The largest absolute Gasteiger partial charge is 0.289 e. The lowest BCUT2D eigenvalue weighted by Crippen LogP contribution is -2.03. The molecule has 3 aromatic rings. The SMILES string of the molecule is O=C(c1ccc2c(c1)CCC2)c1cccc2ccncc12. The Bertz CT molecular complexity index is 846. The van der Waals surface area contributed by atoms with E-state index in [1.54, 1.807) is 12.4 Å². The predicted octanol–water partition coefficient (Wildman–Crippen LogP) is 3.95. The van der Waals surface area contributed by atoms with E-state index in [1.165, 1.54) is 17.5 Å². The van der Waals surface area contributed by atoms with Gasteiger partial charge in [0.1, 0.15) is 0 Å². The van der Waals surface area contributed by atoms with Crippen LogP contribution in [0.2, 0.25) is 0 Å². The third-order valence-corrected chi connectivity index (χ3v) is 4.29. The van der Waals surface area contributed by atoms with Gasteiger partial charge in [0.15, 0.2) is 5.78 Å². The summed E-state index contributed by atoms with van der Waals surface area (Å²) in [6.45, 7) is 0. The van der Waals surface area contributed by atoms with Gasteiger partial charge < -0.3 is 0 Å². The molecule has 1 aromatic heterocycles. The smallest absolute Gasteiger partial charge is 0.193 e. The fourth-order valence-corrected chi connectivity index (χ4v) is 3.18. The van der Waals surface area contributed by atoms with Crippen LogP contribution in [0.15, 0.2) is 54.9 Å². The Morgan fingerprint density at radius 3 is 2.86 bits per heavy atom. The minimum Gasteiger partial charge on any atom is -0.289 e. The molecule has 0 unspecified atom stereocenters. The standard InChI is InChI=1S/C19H15NO/c21-19(16-8-7-13-3-1-5-15(13)11-16)17-6-2-4-14-9-10-20-12-18(14)17/h2,4,6-12H,1,3,5H2. The summed E-state index contributed by atoms with van der Waals surface area (Å²) in [7, 11) is 0. The Kier molecular flexibility index (Phi) is 2.81. The number of aromatic nitrogens is 1. The molecule has 4 rings (SSSR count). The van der Waals surface area contributed by atoms with Crippen LogP contribution in [-0.4, -0.2) is 10.8 Å². The van der Waals surface area contributed by atoms with Crippen LogP contribution >= 0.6 is 0 Å². The summed E-state index contributed by atoms with van der Waals surface area (Å²) >= 11 is 0. The number of hydrogen-bond acceptors (Lipinski definition) is 2. The quantitative estimate of drug-likeness (QED) is 0.662. The highest BCUT2D eigenvalue weighted by molar-refractivity contribution is 6.16. The van der Waals surface area contributed by atoms with Crippen molar-refractivity contribution in [1.82, 2.24) is 4.98 Å². The first-order valence-corrected chi connectivity index (χ1v) is 7.32. The molecule has 0 saturated heterocycles. The lowest BCUT2D eigenvalue weighted by atomic mass is 9.96. The number of rotatable bonds is 2. The molecule has 0 amide bonds. The average Bonchev–Trinajstić information content (AvgIpc) is 3.01. The number of carbonyl (C=O) groups is 1. The molecule has 1 aliphatic carbocycles. The van der Waals surface area contributed by atoms with Crippen molar-refractivity contribution in [2.24, 2.45) is 0 Å². The van der Waals surface area contributed by atoms with Crippen LogP contribution < -0.4 is 0 Å². The van der Waals surface area contributed by atoms with Crippen molar-refractivity contribution < 1.29 is 4.79 Å². The Labute approximate surface area is 123 Å². The van der Waals surface area contributed by atoms with E-state index in [0.29, 0.717) is 0 Å². The minimum absolute atomic E-state index is 0.0864. The maximum atomic E-state index is 12.8. The maximum absolute atomic E-state index is 12.8. The molecule has 0 atom stereocenters. The summed E-state index contributed by atoms with van der Waals surface area (Å²) in [5, 5.41) is 1.97. The second-order valence-electron chi connectivity index (χ2n) is 5.57. The molecule has 0 radical (unpaired) electrons. The van der Waals surface area contributed by atoms with Gasteiger partial charge >= 0.3 is 0 Å². The normalized spacial score (nSPS) is 13.3. The van der Waals surface area contributed by atoms with Gasteiger partial charge in [-0.1, -0.05) is 30.3 Å². The van der Waals surface area contributed by atoms with Crippen LogP contribution in [0.3, 0.4) is 0 Å². The molecule has 21 heavy (non-hydrogen) atoms. The Morgan fingerprint density at radius 2 is 1.90 bits per heavy atom. The summed E-state index contributed by atoms with van der Waals surface area (Å²) in [5.74, 6) is 0.0864. The van der Waals surface area contributed by atoms with E-state index in [1.807, 2.05) is 30.3 Å². The van der Waals surface area contributed by atoms with E-state index in [2.05, 4.69) is 17.1 Å². The summed E-state index contributed by atoms with van der Waals surface area (Å²) in [6.07, 6.45) is 6.96. The zero-order valence-corrected chi connectivity index (χ0v) is 11.7. The topological polar surface area (TPSA) is 30.0 Å². The highest BCUT2D eigenvalue weighted by Gasteiger charge is 2.16. The van der Waals surface area contributed by atoms with E-state index in [0.717, 1.165) is 34.7 Å². The van der Waals surface area contributed by atoms with E-state index in [9.17, 15) is 4.79 Å². The molecule has 0 N–H and O–H groups in total. The summed E-state index contributed by atoms with van der Waals surface area (Å²) in [6, 6.07) is 13.9. The van der Waals surface area contributed by atoms with Gasteiger partial charge in [0.25, 0.3) is 0 Å². The molecule has 0 saturated carbocycles. The molecule has 2 aromatic carbocycles. The van der Waals surface area contributed by atoms with Gasteiger partial charge in [-0.15, -0.1) is 0 Å². The van der Waals surface area contributed by atoms with Crippen LogP contribution in [0.25, 0.3) is 10.8 Å². The van der Waals surface area contributed by atoms with Crippen LogP contribution in [0.5, 0.6) is 0 Å². The zero-order valence-electron chi connectivity index (χ0n) is 11.7. The van der Waals surface area contributed by atoms with Crippen molar-refractivity contribution in [3.63, 3.8) is 0 Å². The van der Waals surface area contributed by atoms with Crippen molar-refractivity contribution in [3.8, 4) is 0 Å². The fraction of sp³-hybridized carbons (Fsp3) is 0.158. The molecular weight excluding hydrogens is 258 g/mol. The number of ketones is 1. The Balaban J connectivity index is 1.83. The lowest BCUT2D eigenvalue weighted by Gasteiger charge is -2.07. The molecule has 1 heterocycles. The van der Waals surface area contributed by atoms with Crippen molar-refractivity contribution in [2.75, 3.05) is 0 Å². The van der Waals surface area contributed by atoms with Crippen molar-refractivity contribution in [2.45, 2.75) is 19.3 Å². The molecule has 1 aliphatic rings. The molecule has 102 valence electrons. The average molecular weight is 273 g/mol. The van der Waals surface area contributed by atoms with Gasteiger partial charge in [-0.05, 0) is 47.9 Å². The number of benzene rings is 2. The Hall–Kier alpha value is -2.48. The highest BCUT2D eigenvalue weighted by Crippen LogP contribution is 2.25. The molecular formula is C19H15NO. The van der Waals surface area contributed by atoms with Gasteiger partial charge in [-0.25, -0.2) is 0 Å². The van der Waals surface area contributed by atoms with Crippen LogP contribution in [0, 0.1) is 0 Å². The first-order valence-electron chi connectivity index (χ1n) is 7.32. The number of hydrogen-bond donors (Lipinski definition) is 0. The second-order valence-corrected chi connectivity index (χ2v) is 5.57. The third kappa shape index (κ3) is 2.04. The van der Waals surface area contributed by atoms with E-state index < -0.39 is 0 Å². The first kappa shape index (κ1) is 12.3. The first-order chi connectivity index (χ1) is 10.3. The third-order valence-electron chi connectivity index (χ3n) is 4.29. The lowest BCUT2D eigenvalue weighted by molar-refractivity contribution is 0.104. The van der Waals surface area contributed by atoms with Crippen molar-refractivity contribution in [3.05, 3.63) is 77.1 Å². The maximum Gasteiger partial charge on any atom is 0.193 e. The second kappa shape index (κ2) is 4.81. The van der Waals surface area contributed by atoms with Gasteiger partial charge in [0.2, 0.25) is 0 Å². The molecule has 2 nitrogen and oxygen atoms in total. The van der Waals surface area contributed by atoms with E-state index in [4.69, 9.17) is 0 Å². The van der Waals surface area contributed by atoms with Crippen molar-refractivity contribution >= 4 is 16.6 Å². The summed E-state index contributed by atoms with van der Waals surface area (Å²) in [4.78, 5) is 17.0. The number of nitrogens with zero attached hydrogens (tertiary/aromatic N) is 1.